The number of hydrogen-bond donors (Lipinski definition) is 2. The molecule has 0 aliphatic heterocycles. The Bertz CT molecular complexity index is 732. The molecule has 2 aromatic rings. The van der Waals surface area contributed by atoms with Crippen LogP contribution in [0.4, 0.5) is 8.78 Å². The third-order valence-electron chi connectivity index (χ3n) is 4.49. The number of aliphatic hydroxyl groups is 1. The fraction of sp³-hybridized carbons (Fsp3) is 0.316. The molecule has 5 heteroatoms. The molecule has 1 fully saturated rings. The van der Waals surface area contributed by atoms with Crippen LogP contribution in [-0.4, -0.2) is 17.1 Å². The van der Waals surface area contributed by atoms with Crippen molar-refractivity contribution in [1.82, 2.24) is 5.32 Å². The van der Waals surface area contributed by atoms with E-state index in [0.29, 0.717) is 17.5 Å². The average molecular weight is 331 g/mol. The summed E-state index contributed by atoms with van der Waals surface area (Å²) >= 11 is 0. The van der Waals surface area contributed by atoms with Crippen LogP contribution < -0.4 is 5.32 Å². The quantitative estimate of drug-likeness (QED) is 0.883. The molecule has 0 saturated heterocycles. The number of carbonyl (C=O) groups is 1. The molecule has 2 aromatic carbocycles. The van der Waals surface area contributed by atoms with Gasteiger partial charge in [0.05, 0.1) is 12.1 Å². The lowest BCUT2D eigenvalue weighted by Crippen LogP contribution is -2.38. The standard InChI is InChI=1S/C19H19F2NO2/c1-11(18(23)12-6-8-13(20)9-7-12)22-19(24)16-10-15(16)14-4-2-3-5-17(14)21/h2-9,11,15-16,18,23H,10H2,1H3,(H,22,24). The van der Waals surface area contributed by atoms with E-state index < -0.39 is 12.1 Å². The van der Waals surface area contributed by atoms with E-state index in [-0.39, 0.29) is 29.4 Å². The summed E-state index contributed by atoms with van der Waals surface area (Å²) in [6.07, 6.45) is -0.327. The molecule has 1 aliphatic rings. The van der Waals surface area contributed by atoms with Crippen molar-refractivity contribution >= 4 is 5.91 Å². The normalized spacial score (nSPS) is 21.8. The van der Waals surface area contributed by atoms with E-state index in [4.69, 9.17) is 0 Å². The fourth-order valence-corrected chi connectivity index (χ4v) is 2.96. The van der Waals surface area contributed by atoms with Gasteiger partial charge in [-0.25, -0.2) is 8.78 Å². The number of aliphatic hydroxyl groups excluding tert-OH is 1. The predicted octanol–water partition coefficient (Wildman–Crippen LogP) is 3.31. The number of carbonyl (C=O) groups excluding carboxylic acids is 1. The van der Waals surface area contributed by atoms with Crippen molar-refractivity contribution in [2.24, 2.45) is 5.92 Å². The van der Waals surface area contributed by atoms with Crippen molar-refractivity contribution in [2.75, 3.05) is 0 Å². The SMILES string of the molecule is CC(NC(=O)C1CC1c1ccccc1F)C(O)c1ccc(F)cc1. The summed E-state index contributed by atoms with van der Waals surface area (Å²) in [6.45, 7) is 1.69. The highest BCUT2D eigenvalue weighted by Gasteiger charge is 2.45. The first-order valence-electron chi connectivity index (χ1n) is 7.95. The number of amides is 1. The topological polar surface area (TPSA) is 49.3 Å². The first-order valence-corrected chi connectivity index (χ1v) is 7.95. The van der Waals surface area contributed by atoms with Gasteiger partial charge in [0.25, 0.3) is 0 Å². The van der Waals surface area contributed by atoms with Gasteiger partial charge in [-0.05, 0) is 48.6 Å². The average Bonchev–Trinajstić information content (AvgIpc) is 3.36. The first-order chi connectivity index (χ1) is 11.5. The van der Waals surface area contributed by atoms with E-state index in [1.54, 1.807) is 25.1 Å². The maximum Gasteiger partial charge on any atom is 0.224 e. The summed E-state index contributed by atoms with van der Waals surface area (Å²) in [5, 5.41) is 13.0. The van der Waals surface area contributed by atoms with E-state index in [9.17, 15) is 18.7 Å². The zero-order valence-electron chi connectivity index (χ0n) is 13.2. The molecular formula is C19H19F2NO2. The fourth-order valence-electron chi connectivity index (χ4n) is 2.96. The van der Waals surface area contributed by atoms with E-state index in [2.05, 4.69) is 5.32 Å². The molecule has 1 amide bonds. The Kier molecular flexibility index (Phi) is 4.62. The number of halogens is 2. The Morgan fingerprint density at radius 3 is 2.50 bits per heavy atom. The molecule has 126 valence electrons. The Balaban J connectivity index is 1.59. The maximum atomic E-state index is 13.8. The van der Waals surface area contributed by atoms with Crippen LogP contribution in [-0.2, 0) is 4.79 Å². The highest BCUT2D eigenvalue weighted by Crippen LogP contribution is 2.48. The Labute approximate surface area is 139 Å². The lowest BCUT2D eigenvalue weighted by atomic mass is 10.0. The second-order valence-electron chi connectivity index (χ2n) is 6.26. The van der Waals surface area contributed by atoms with Crippen molar-refractivity contribution in [3.05, 3.63) is 71.3 Å². The molecule has 4 atom stereocenters. The summed E-state index contributed by atoms with van der Waals surface area (Å²) < 4.78 is 26.7. The molecule has 4 unspecified atom stereocenters. The second kappa shape index (κ2) is 6.69. The summed E-state index contributed by atoms with van der Waals surface area (Å²) in [5.41, 5.74) is 1.09. The molecule has 1 saturated carbocycles. The van der Waals surface area contributed by atoms with Crippen molar-refractivity contribution in [2.45, 2.75) is 31.4 Å². The summed E-state index contributed by atoms with van der Waals surface area (Å²) in [7, 11) is 0. The molecular weight excluding hydrogens is 312 g/mol. The molecule has 0 bridgehead atoms. The van der Waals surface area contributed by atoms with Crippen LogP contribution in [0.5, 0.6) is 0 Å². The predicted molar refractivity (Wildman–Crippen MR) is 86.2 cm³/mol. The van der Waals surface area contributed by atoms with Gasteiger partial charge in [-0.1, -0.05) is 30.3 Å². The minimum Gasteiger partial charge on any atom is -0.386 e. The molecule has 1 aliphatic carbocycles. The lowest BCUT2D eigenvalue weighted by molar-refractivity contribution is -0.123. The van der Waals surface area contributed by atoms with Crippen LogP contribution >= 0.6 is 0 Å². The van der Waals surface area contributed by atoms with Crippen molar-refractivity contribution in [3.63, 3.8) is 0 Å². The van der Waals surface area contributed by atoms with Crippen LogP contribution in [0, 0.1) is 17.6 Å². The molecule has 0 spiro atoms. The van der Waals surface area contributed by atoms with Gasteiger partial charge in [-0.15, -0.1) is 0 Å². The van der Waals surface area contributed by atoms with Crippen LogP contribution in [0.25, 0.3) is 0 Å². The zero-order valence-corrected chi connectivity index (χ0v) is 13.2. The van der Waals surface area contributed by atoms with Crippen molar-refractivity contribution in [1.29, 1.82) is 0 Å². The Morgan fingerprint density at radius 2 is 1.83 bits per heavy atom. The molecule has 24 heavy (non-hydrogen) atoms. The third kappa shape index (κ3) is 3.46. The van der Waals surface area contributed by atoms with Crippen LogP contribution in [0.3, 0.4) is 0 Å². The van der Waals surface area contributed by atoms with Gasteiger partial charge in [0.15, 0.2) is 0 Å². The molecule has 3 rings (SSSR count). The van der Waals surface area contributed by atoms with Gasteiger partial charge in [0.1, 0.15) is 11.6 Å². The third-order valence-corrected chi connectivity index (χ3v) is 4.49. The minimum atomic E-state index is -0.930. The van der Waals surface area contributed by atoms with Gasteiger partial charge >= 0.3 is 0 Å². The summed E-state index contributed by atoms with van der Waals surface area (Å²) in [6, 6.07) is 11.5. The van der Waals surface area contributed by atoms with E-state index in [1.165, 1.54) is 30.3 Å². The zero-order chi connectivity index (χ0) is 17.3. The highest BCUT2D eigenvalue weighted by molar-refractivity contribution is 5.83. The van der Waals surface area contributed by atoms with Gasteiger partial charge in [-0.3, -0.25) is 4.79 Å². The number of hydrogen-bond acceptors (Lipinski definition) is 2. The molecule has 2 N–H and O–H groups in total. The van der Waals surface area contributed by atoms with E-state index in [1.807, 2.05) is 0 Å². The number of benzene rings is 2. The van der Waals surface area contributed by atoms with Crippen molar-refractivity contribution < 1.29 is 18.7 Å². The maximum absolute atomic E-state index is 13.8. The molecule has 3 nitrogen and oxygen atoms in total. The van der Waals surface area contributed by atoms with E-state index in [0.717, 1.165) is 0 Å². The monoisotopic (exact) mass is 331 g/mol. The van der Waals surface area contributed by atoms with E-state index >= 15 is 0 Å². The molecule has 0 aromatic heterocycles. The van der Waals surface area contributed by atoms with Gasteiger partial charge in [-0.2, -0.15) is 0 Å². The van der Waals surface area contributed by atoms with Crippen LogP contribution in [0.1, 0.15) is 36.5 Å². The van der Waals surface area contributed by atoms with Crippen LogP contribution in [0.15, 0.2) is 48.5 Å². The van der Waals surface area contributed by atoms with Gasteiger partial charge in [0.2, 0.25) is 5.91 Å². The lowest BCUT2D eigenvalue weighted by Gasteiger charge is -2.20. The summed E-state index contributed by atoms with van der Waals surface area (Å²) in [5.74, 6) is -1.26. The smallest absolute Gasteiger partial charge is 0.224 e. The molecule has 0 radical (unpaired) electrons. The minimum absolute atomic E-state index is 0.110. The summed E-state index contributed by atoms with van der Waals surface area (Å²) in [4.78, 5) is 12.3. The number of rotatable bonds is 5. The van der Waals surface area contributed by atoms with Crippen molar-refractivity contribution in [3.8, 4) is 0 Å². The highest BCUT2D eigenvalue weighted by atomic mass is 19.1. The molecule has 0 heterocycles. The largest absolute Gasteiger partial charge is 0.386 e. The Morgan fingerprint density at radius 1 is 1.17 bits per heavy atom. The number of nitrogens with one attached hydrogen (secondary N) is 1. The van der Waals surface area contributed by atoms with Gasteiger partial charge in [0, 0.05) is 5.92 Å². The second-order valence-corrected chi connectivity index (χ2v) is 6.26. The van der Waals surface area contributed by atoms with Gasteiger partial charge < -0.3 is 10.4 Å². The first kappa shape index (κ1) is 16.6. The Hall–Kier alpha value is -2.27. The van der Waals surface area contributed by atoms with Crippen LogP contribution in [0.2, 0.25) is 0 Å².